The van der Waals surface area contributed by atoms with Crippen LogP contribution in [0.2, 0.25) is 5.02 Å². The highest BCUT2D eigenvalue weighted by molar-refractivity contribution is 7.18. The van der Waals surface area contributed by atoms with Crippen LogP contribution in [0.1, 0.15) is 28.0 Å². The van der Waals surface area contributed by atoms with Crippen LogP contribution in [0.3, 0.4) is 0 Å². The molecular formula is C18H17ClN4O2S. The van der Waals surface area contributed by atoms with Gasteiger partial charge in [-0.05, 0) is 13.8 Å². The van der Waals surface area contributed by atoms with Crippen LogP contribution in [-0.2, 0) is 11.3 Å². The van der Waals surface area contributed by atoms with Gasteiger partial charge in [-0.2, -0.15) is 5.10 Å². The molecule has 0 unspecified atom stereocenters. The first-order chi connectivity index (χ1) is 12.4. The predicted octanol–water partition coefficient (Wildman–Crippen LogP) is 4.12. The summed E-state index contributed by atoms with van der Waals surface area (Å²) in [5.74, 6) is -0.372. The molecule has 0 fully saturated rings. The zero-order valence-corrected chi connectivity index (χ0v) is 16.1. The number of carbonyl (C=O) groups excluding carboxylic acids is 2. The Morgan fingerprint density at radius 3 is 2.50 bits per heavy atom. The number of nitrogens with one attached hydrogen (secondary N) is 1. The maximum Gasteiger partial charge on any atom is 0.247 e. The van der Waals surface area contributed by atoms with Crippen molar-refractivity contribution in [2.75, 3.05) is 5.32 Å². The minimum atomic E-state index is -0.282. The van der Waals surface area contributed by atoms with E-state index in [0.29, 0.717) is 26.4 Å². The SMILES string of the molecule is CC(=O)c1sc(NC(=O)Cn2nc(C)c(Cl)c2C)nc1-c1ccccc1. The van der Waals surface area contributed by atoms with Crippen molar-refractivity contribution in [3.63, 3.8) is 0 Å². The van der Waals surface area contributed by atoms with Gasteiger partial charge in [0.2, 0.25) is 5.91 Å². The van der Waals surface area contributed by atoms with Gasteiger partial charge in [0.05, 0.1) is 27.0 Å². The standard InChI is InChI=1S/C18H17ClN4O2S/c1-10-15(19)11(2)23(22-10)9-14(25)20-18-21-16(17(26-18)12(3)24)13-7-5-4-6-8-13/h4-8H,9H2,1-3H3,(H,20,21,25). The molecule has 26 heavy (non-hydrogen) atoms. The van der Waals surface area contributed by atoms with E-state index in [1.54, 1.807) is 18.5 Å². The van der Waals surface area contributed by atoms with Crippen molar-refractivity contribution in [3.05, 3.63) is 51.6 Å². The van der Waals surface area contributed by atoms with Gasteiger partial charge in [-0.3, -0.25) is 14.3 Å². The molecule has 3 aromatic rings. The summed E-state index contributed by atoms with van der Waals surface area (Å²) in [5.41, 5.74) is 2.82. The number of hydrogen-bond donors (Lipinski definition) is 1. The van der Waals surface area contributed by atoms with Crippen LogP contribution in [0.15, 0.2) is 30.3 Å². The Morgan fingerprint density at radius 2 is 1.92 bits per heavy atom. The number of rotatable bonds is 5. The number of anilines is 1. The van der Waals surface area contributed by atoms with Gasteiger partial charge in [0.15, 0.2) is 10.9 Å². The van der Waals surface area contributed by atoms with Gasteiger partial charge in [0.1, 0.15) is 6.54 Å². The van der Waals surface area contributed by atoms with E-state index in [4.69, 9.17) is 11.6 Å². The van der Waals surface area contributed by atoms with Crippen LogP contribution in [0.5, 0.6) is 0 Å². The van der Waals surface area contributed by atoms with Gasteiger partial charge in [-0.15, -0.1) is 0 Å². The lowest BCUT2D eigenvalue weighted by Gasteiger charge is -2.04. The first kappa shape index (κ1) is 18.3. The highest BCUT2D eigenvalue weighted by Gasteiger charge is 2.19. The average Bonchev–Trinajstić information content (AvgIpc) is 3.13. The fraction of sp³-hybridized carbons (Fsp3) is 0.222. The molecule has 1 amide bonds. The molecule has 2 aromatic heterocycles. The number of aryl methyl sites for hydroxylation is 1. The molecule has 1 N–H and O–H groups in total. The van der Waals surface area contributed by atoms with E-state index in [9.17, 15) is 9.59 Å². The minimum absolute atomic E-state index is 0.0229. The van der Waals surface area contributed by atoms with Gasteiger partial charge in [0.25, 0.3) is 0 Å². The average molecular weight is 389 g/mol. The third-order valence-corrected chi connectivity index (χ3v) is 5.45. The fourth-order valence-electron chi connectivity index (χ4n) is 2.53. The topological polar surface area (TPSA) is 76.9 Å². The van der Waals surface area contributed by atoms with E-state index < -0.39 is 0 Å². The van der Waals surface area contributed by atoms with Crippen LogP contribution in [0.4, 0.5) is 5.13 Å². The zero-order valence-electron chi connectivity index (χ0n) is 14.5. The Morgan fingerprint density at radius 1 is 1.23 bits per heavy atom. The van der Waals surface area contributed by atoms with Gasteiger partial charge in [-0.1, -0.05) is 53.3 Å². The molecule has 6 nitrogen and oxygen atoms in total. The number of Topliss-reactive ketones (excluding diaryl/α,β-unsaturated/α-hetero) is 1. The number of carbonyl (C=O) groups is 2. The summed E-state index contributed by atoms with van der Waals surface area (Å²) in [6, 6.07) is 9.41. The third kappa shape index (κ3) is 3.68. The second-order valence-corrected chi connectivity index (χ2v) is 7.19. The van der Waals surface area contributed by atoms with Gasteiger partial charge in [-0.25, -0.2) is 4.98 Å². The van der Waals surface area contributed by atoms with Crippen LogP contribution in [0, 0.1) is 13.8 Å². The number of hydrogen-bond acceptors (Lipinski definition) is 5. The normalized spacial score (nSPS) is 10.8. The monoisotopic (exact) mass is 388 g/mol. The van der Waals surface area contributed by atoms with Crippen molar-refractivity contribution in [2.24, 2.45) is 0 Å². The van der Waals surface area contributed by atoms with Crippen molar-refractivity contribution < 1.29 is 9.59 Å². The molecule has 3 rings (SSSR count). The maximum absolute atomic E-state index is 12.3. The van der Waals surface area contributed by atoms with E-state index in [0.717, 1.165) is 11.3 Å². The fourth-order valence-corrected chi connectivity index (χ4v) is 3.56. The van der Waals surface area contributed by atoms with Crippen LogP contribution in [0.25, 0.3) is 11.3 Å². The van der Waals surface area contributed by atoms with E-state index in [-0.39, 0.29) is 18.2 Å². The van der Waals surface area contributed by atoms with Crippen molar-refractivity contribution in [3.8, 4) is 11.3 Å². The molecule has 0 atom stereocenters. The quantitative estimate of drug-likeness (QED) is 0.667. The number of aromatic nitrogens is 3. The van der Waals surface area contributed by atoms with Gasteiger partial charge < -0.3 is 5.32 Å². The molecule has 1 aromatic carbocycles. The number of nitrogens with zero attached hydrogens (tertiary/aromatic N) is 3. The van der Waals surface area contributed by atoms with E-state index in [1.807, 2.05) is 30.3 Å². The second-order valence-electron chi connectivity index (χ2n) is 5.81. The first-order valence-electron chi connectivity index (χ1n) is 7.93. The molecule has 0 bridgehead atoms. The molecule has 0 saturated heterocycles. The molecular weight excluding hydrogens is 372 g/mol. The number of amides is 1. The summed E-state index contributed by atoms with van der Waals surface area (Å²) in [6.07, 6.45) is 0. The largest absolute Gasteiger partial charge is 0.300 e. The lowest BCUT2D eigenvalue weighted by molar-refractivity contribution is -0.116. The number of benzene rings is 1. The molecule has 0 aliphatic carbocycles. The number of thiazole rings is 1. The van der Waals surface area contributed by atoms with Gasteiger partial charge >= 0.3 is 0 Å². The Hall–Kier alpha value is -2.51. The summed E-state index contributed by atoms with van der Waals surface area (Å²) in [4.78, 5) is 29.2. The zero-order chi connectivity index (χ0) is 18.8. The molecule has 0 saturated carbocycles. The highest BCUT2D eigenvalue weighted by Crippen LogP contribution is 2.31. The predicted molar refractivity (Wildman–Crippen MR) is 103 cm³/mol. The maximum atomic E-state index is 12.3. The Labute approximate surface area is 159 Å². The summed E-state index contributed by atoms with van der Waals surface area (Å²) in [5, 5.41) is 7.92. The smallest absolute Gasteiger partial charge is 0.247 e. The highest BCUT2D eigenvalue weighted by atomic mass is 35.5. The van der Waals surface area contributed by atoms with Gasteiger partial charge in [0, 0.05) is 12.5 Å². The summed E-state index contributed by atoms with van der Waals surface area (Å²) in [6.45, 7) is 5.11. The Bertz CT molecular complexity index is 979. The summed E-state index contributed by atoms with van der Waals surface area (Å²) in [7, 11) is 0. The Kier molecular flexibility index (Phi) is 5.20. The van der Waals surface area contributed by atoms with E-state index in [1.165, 1.54) is 18.3 Å². The molecule has 0 spiro atoms. The molecule has 8 heteroatoms. The van der Waals surface area contributed by atoms with Crippen LogP contribution in [-0.4, -0.2) is 26.5 Å². The number of halogens is 1. The van der Waals surface area contributed by atoms with E-state index in [2.05, 4.69) is 15.4 Å². The molecule has 134 valence electrons. The molecule has 0 aliphatic rings. The second kappa shape index (κ2) is 7.39. The van der Waals surface area contributed by atoms with Crippen molar-refractivity contribution in [1.29, 1.82) is 0 Å². The first-order valence-corrected chi connectivity index (χ1v) is 9.12. The van der Waals surface area contributed by atoms with E-state index >= 15 is 0 Å². The van der Waals surface area contributed by atoms with Crippen molar-refractivity contribution >= 4 is 39.8 Å². The summed E-state index contributed by atoms with van der Waals surface area (Å²) >= 11 is 7.27. The molecule has 0 radical (unpaired) electrons. The summed E-state index contributed by atoms with van der Waals surface area (Å²) < 4.78 is 1.55. The molecule has 2 heterocycles. The lowest BCUT2D eigenvalue weighted by atomic mass is 10.1. The third-order valence-electron chi connectivity index (χ3n) is 3.83. The lowest BCUT2D eigenvalue weighted by Crippen LogP contribution is -2.20. The van der Waals surface area contributed by atoms with Crippen LogP contribution < -0.4 is 5.32 Å². The Balaban J connectivity index is 1.82. The minimum Gasteiger partial charge on any atom is -0.300 e. The molecule has 0 aliphatic heterocycles. The van der Waals surface area contributed by atoms with Crippen molar-refractivity contribution in [2.45, 2.75) is 27.3 Å². The van der Waals surface area contributed by atoms with Crippen molar-refractivity contribution in [1.82, 2.24) is 14.8 Å². The number of ketones is 1. The van der Waals surface area contributed by atoms with Crippen LogP contribution >= 0.6 is 22.9 Å².